The Labute approximate surface area is 118 Å². The Morgan fingerprint density at radius 1 is 1.20 bits per heavy atom. The fourth-order valence-corrected chi connectivity index (χ4v) is 3.87. The predicted octanol–water partition coefficient (Wildman–Crippen LogP) is 3.69. The van der Waals surface area contributed by atoms with E-state index in [1.165, 1.54) is 17.2 Å². The number of Topliss-reactive ketones (excluding diaryl/α,β-unsaturated/α-hetero) is 1. The first-order valence-corrected chi connectivity index (χ1v) is 7.10. The molecule has 3 heteroatoms. The van der Waals surface area contributed by atoms with Crippen molar-refractivity contribution in [3.05, 3.63) is 34.4 Å². The predicted molar refractivity (Wildman–Crippen MR) is 77.2 cm³/mol. The molecule has 0 spiro atoms. The summed E-state index contributed by atoms with van der Waals surface area (Å²) in [6, 6.07) is 3.01. The normalized spacial score (nSPS) is 29.1. The summed E-state index contributed by atoms with van der Waals surface area (Å²) in [5.74, 6) is -0.0761. The average Bonchev–Trinajstić information content (AvgIpc) is 2.40. The van der Waals surface area contributed by atoms with E-state index in [-0.39, 0.29) is 28.6 Å². The van der Waals surface area contributed by atoms with Gasteiger partial charge in [-0.15, -0.1) is 0 Å². The van der Waals surface area contributed by atoms with Crippen molar-refractivity contribution in [2.24, 2.45) is 5.92 Å². The van der Waals surface area contributed by atoms with E-state index in [1.807, 2.05) is 0 Å². The maximum atomic E-state index is 12.4. The molecular formula is C17H20O3. The van der Waals surface area contributed by atoms with E-state index in [0.29, 0.717) is 12.0 Å². The number of rotatable bonds is 0. The van der Waals surface area contributed by atoms with Crippen LogP contribution in [-0.4, -0.2) is 16.0 Å². The number of carbonyl (C=O) groups is 1. The lowest BCUT2D eigenvalue weighted by molar-refractivity contribution is 0.0911. The fourth-order valence-electron chi connectivity index (χ4n) is 3.87. The maximum Gasteiger partial charge on any atom is 0.163 e. The van der Waals surface area contributed by atoms with Crippen LogP contribution in [0, 0.1) is 5.92 Å². The van der Waals surface area contributed by atoms with Crippen LogP contribution in [0.2, 0.25) is 0 Å². The lowest BCUT2D eigenvalue weighted by Crippen LogP contribution is -2.42. The first-order chi connectivity index (χ1) is 9.34. The monoisotopic (exact) mass is 272 g/mol. The zero-order chi connectivity index (χ0) is 14.7. The zero-order valence-corrected chi connectivity index (χ0v) is 12.2. The number of benzene rings is 1. The Kier molecular flexibility index (Phi) is 2.72. The van der Waals surface area contributed by atoms with Crippen LogP contribution in [-0.2, 0) is 5.41 Å². The van der Waals surface area contributed by atoms with Crippen molar-refractivity contribution in [3.8, 4) is 11.5 Å². The van der Waals surface area contributed by atoms with Crippen molar-refractivity contribution >= 4 is 5.78 Å². The molecule has 2 atom stereocenters. The summed E-state index contributed by atoms with van der Waals surface area (Å²) in [6.07, 6.45) is 2.50. The molecule has 0 aliphatic heterocycles. The molecule has 0 saturated heterocycles. The highest BCUT2D eigenvalue weighted by Crippen LogP contribution is 2.53. The molecule has 0 fully saturated rings. The fraction of sp³-hybridized carbons (Fsp3) is 0.471. The molecule has 0 saturated carbocycles. The quantitative estimate of drug-likeness (QED) is 0.559. The van der Waals surface area contributed by atoms with E-state index < -0.39 is 0 Å². The van der Waals surface area contributed by atoms with E-state index in [1.54, 1.807) is 6.07 Å². The number of aromatic hydroxyl groups is 2. The summed E-state index contributed by atoms with van der Waals surface area (Å²) in [7, 11) is 0. The maximum absolute atomic E-state index is 12.4. The number of ketones is 1. The van der Waals surface area contributed by atoms with Crippen LogP contribution in [0.4, 0.5) is 0 Å². The van der Waals surface area contributed by atoms with E-state index in [4.69, 9.17) is 0 Å². The van der Waals surface area contributed by atoms with Crippen molar-refractivity contribution in [3.63, 3.8) is 0 Å². The standard InChI is InChI=1S/C17H20O3/c1-9-4-5-17(3)12(10(9)2)7-14(18)11-6-15(19)16(20)8-13(11)17/h6,8,12,19-20H,4-5,7H2,1-3H3/t12-,17-/m0/s1. The molecule has 0 bridgehead atoms. The molecule has 2 aliphatic rings. The average molecular weight is 272 g/mol. The molecule has 1 aromatic rings. The zero-order valence-electron chi connectivity index (χ0n) is 12.2. The van der Waals surface area contributed by atoms with Crippen LogP contribution in [0.5, 0.6) is 11.5 Å². The van der Waals surface area contributed by atoms with Crippen molar-refractivity contribution in [2.45, 2.75) is 45.4 Å². The van der Waals surface area contributed by atoms with Gasteiger partial charge in [-0.1, -0.05) is 18.1 Å². The summed E-state index contributed by atoms with van der Waals surface area (Å²) < 4.78 is 0. The highest BCUT2D eigenvalue weighted by molar-refractivity contribution is 6.00. The van der Waals surface area contributed by atoms with Crippen molar-refractivity contribution in [2.75, 3.05) is 0 Å². The van der Waals surface area contributed by atoms with Crippen molar-refractivity contribution in [1.82, 2.24) is 0 Å². The van der Waals surface area contributed by atoms with E-state index >= 15 is 0 Å². The summed E-state index contributed by atoms with van der Waals surface area (Å²) in [6.45, 7) is 6.44. The number of hydrogen-bond donors (Lipinski definition) is 2. The van der Waals surface area contributed by atoms with Gasteiger partial charge in [0, 0.05) is 17.4 Å². The van der Waals surface area contributed by atoms with Gasteiger partial charge >= 0.3 is 0 Å². The third kappa shape index (κ3) is 1.62. The van der Waals surface area contributed by atoms with Gasteiger partial charge in [0.25, 0.3) is 0 Å². The third-order valence-corrected chi connectivity index (χ3v) is 5.40. The van der Waals surface area contributed by atoms with Gasteiger partial charge in [0.2, 0.25) is 0 Å². The van der Waals surface area contributed by atoms with Crippen LogP contribution in [0.25, 0.3) is 0 Å². The molecule has 0 heterocycles. The number of fused-ring (bicyclic) bond motifs is 3. The molecule has 1 aromatic carbocycles. The van der Waals surface area contributed by atoms with Gasteiger partial charge in [-0.05, 0) is 50.3 Å². The van der Waals surface area contributed by atoms with Gasteiger partial charge in [-0.2, -0.15) is 0 Å². The molecular weight excluding hydrogens is 252 g/mol. The van der Waals surface area contributed by atoms with Crippen molar-refractivity contribution < 1.29 is 15.0 Å². The smallest absolute Gasteiger partial charge is 0.163 e. The van der Waals surface area contributed by atoms with Crippen molar-refractivity contribution in [1.29, 1.82) is 0 Å². The summed E-state index contributed by atoms with van der Waals surface area (Å²) in [5.41, 5.74) is 4.03. The number of phenols is 2. The number of phenolic OH excluding ortho intramolecular Hbond substituents is 2. The van der Waals surface area contributed by atoms with E-state index in [9.17, 15) is 15.0 Å². The van der Waals surface area contributed by atoms with Crippen LogP contribution < -0.4 is 0 Å². The molecule has 0 aromatic heterocycles. The molecule has 20 heavy (non-hydrogen) atoms. The van der Waals surface area contributed by atoms with Gasteiger partial charge in [-0.25, -0.2) is 0 Å². The third-order valence-electron chi connectivity index (χ3n) is 5.40. The number of allylic oxidation sites excluding steroid dienone is 2. The van der Waals surface area contributed by atoms with E-state index in [0.717, 1.165) is 18.4 Å². The first kappa shape index (κ1) is 13.2. The molecule has 2 aliphatic carbocycles. The van der Waals surface area contributed by atoms with Crippen LogP contribution in [0.15, 0.2) is 23.3 Å². The molecule has 0 radical (unpaired) electrons. The molecule has 2 N–H and O–H groups in total. The lowest BCUT2D eigenvalue weighted by Gasteiger charge is -2.46. The van der Waals surface area contributed by atoms with Gasteiger partial charge in [0.1, 0.15) is 0 Å². The first-order valence-electron chi connectivity index (χ1n) is 7.10. The Morgan fingerprint density at radius 3 is 2.55 bits per heavy atom. The molecule has 106 valence electrons. The second-order valence-electron chi connectivity index (χ2n) is 6.45. The topological polar surface area (TPSA) is 57.5 Å². The molecule has 3 nitrogen and oxygen atoms in total. The highest BCUT2D eigenvalue weighted by atomic mass is 16.3. The second-order valence-corrected chi connectivity index (χ2v) is 6.45. The minimum atomic E-state index is -0.210. The summed E-state index contributed by atoms with van der Waals surface area (Å²) in [5, 5.41) is 19.5. The minimum Gasteiger partial charge on any atom is -0.504 e. The second kappa shape index (κ2) is 4.11. The van der Waals surface area contributed by atoms with Gasteiger partial charge in [0.05, 0.1) is 0 Å². The lowest BCUT2D eigenvalue weighted by atomic mass is 9.56. The molecule has 3 rings (SSSR count). The minimum absolute atomic E-state index is 0.0619. The van der Waals surface area contributed by atoms with Crippen LogP contribution in [0.3, 0.4) is 0 Å². The Morgan fingerprint density at radius 2 is 1.85 bits per heavy atom. The molecule has 0 amide bonds. The Bertz CT molecular complexity index is 642. The van der Waals surface area contributed by atoms with Gasteiger partial charge in [0.15, 0.2) is 17.3 Å². The van der Waals surface area contributed by atoms with E-state index in [2.05, 4.69) is 20.8 Å². The largest absolute Gasteiger partial charge is 0.504 e. The molecule has 0 unspecified atom stereocenters. The summed E-state index contributed by atoms with van der Waals surface area (Å²) in [4.78, 5) is 12.4. The Hall–Kier alpha value is -1.77. The Balaban J connectivity index is 2.24. The van der Waals surface area contributed by atoms with Crippen LogP contribution in [0.1, 0.15) is 56.0 Å². The number of hydrogen-bond acceptors (Lipinski definition) is 3. The highest BCUT2D eigenvalue weighted by Gasteiger charge is 2.46. The SMILES string of the molecule is CC1=C(C)[C@@H]2CC(=O)c3cc(O)c(O)cc3[C@@]2(C)CC1. The summed E-state index contributed by atoms with van der Waals surface area (Å²) >= 11 is 0. The van der Waals surface area contributed by atoms with Gasteiger partial charge in [-0.3, -0.25) is 4.79 Å². The van der Waals surface area contributed by atoms with Crippen LogP contribution >= 0.6 is 0 Å². The number of carbonyl (C=O) groups excluding carboxylic acids is 1. The van der Waals surface area contributed by atoms with Gasteiger partial charge < -0.3 is 10.2 Å².